The summed E-state index contributed by atoms with van der Waals surface area (Å²) in [5, 5.41) is 3.66. The molecule has 2 aromatic heterocycles. The highest BCUT2D eigenvalue weighted by molar-refractivity contribution is 6.05. The number of pyridine rings is 1. The summed E-state index contributed by atoms with van der Waals surface area (Å²) < 4.78 is 7.91. The summed E-state index contributed by atoms with van der Waals surface area (Å²) in [5.41, 5.74) is 3.26. The van der Waals surface area contributed by atoms with Gasteiger partial charge in [-0.15, -0.1) is 0 Å². The lowest BCUT2D eigenvalue weighted by Crippen LogP contribution is -2.41. The number of carbonyl (C=O) groups is 3. The van der Waals surface area contributed by atoms with Gasteiger partial charge in [-0.3, -0.25) is 14.4 Å². The number of fused-ring (bicyclic) bond motifs is 1. The van der Waals surface area contributed by atoms with Crippen molar-refractivity contribution in [3.05, 3.63) is 58.9 Å². The van der Waals surface area contributed by atoms with E-state index in [1.165, 1.54) is 0 Å². The van der Waals surface area contributed by atoms with Crippen LogP contribution in [0.2, 0.25) is 0 Å². The van der Waals surface area contributed by atoms with E-state index in [1.807, 2.05) is 57.2 Å². The average Bonchev–Trinajstić information content (AvgIpc) is 2.97. The lowest BCUT2D eigenvalue weighted by Gasteiger charge is -2.17. The Morgan fingerprint density at radius 3 is 2.61 bits per heavy atom. The number of carbonyl (C=O) groups excluding carboxylic acids is 3. The Morgan fingerprint density at radius 2 is 1.92 bits per heavy atom. The minimum Gasteiger partial charge on any atom is -0.488 e. The highest BCUT2D eigenvalue weighted by Crippen LogP contribution is 2.35. The molecule has 1 N–H and O–H groups in total. The van der Waals surface area contributed by atoms with Crippen molar-refractivity contribution in [1.29, 1.82) is 0 Å². The van der Waals surface area contributed by atoms with Crippen molar-refractivity contribution < 1.29 is 19.1 Å². The van der Waals surface area contributed by atoms with Crippen LogP contribution in [-0.4, -0.2) is 39.2 Å². The molecule has 1 aliphatic rings. The fourth-order valence-corrected chi connectivity index (χ4v) is 4.90. The predicted octanol–water partition coefficient (Wildman–Crippen LogP) is 4.98. The van der Waals surface area contributed by atoms with Crippen LogP contribution in [-0.2, 0) is 24.7 Å². The molecule has 2 heterocycles. The third kappa shape index (κ3) is 5.35. The maximum absolute atomic E-state index is 13.5. The Morgan fingerprint density at radius 1 is 1.17 bits per heavy atom. The van der Waals surface area contributed by atoms with Crippen LogP contribution < -0.4 is 10.1 Å². The molecule has 1 amide bonds. The number of aryl methyl sites for hydroxylation is 2. The van der Waals surface area contributed by atoms with Gasteiger partial charge in [-0.2, -0.15) is 0 Å². The second-order valence-corrected chi connectivity index (χ2v) is 9.78. The maximum atomic E-state index is 13.5. The zero-order valence-electron chi connectivity index (χ0n) is 21.6. The van der Waals surface area contributed by atoms with Gasteiger partial charge in [-0.25, -0.2) is 4.98 Å². The maximum Gasteiger partial charge on any atom is 0.272 e. The van der Waals surface area contributed by atoms with Gasteiger partial charge in [0.25, 0.3) is 5.91 Å². The Kier molecular flexibility index (Phi) is 7.87. The number of ketones is 2. The molecule has 0 spiro atoms. The fraction of sp³-hybridized carbons (Fsp3) is 0.448. The third-order valence-electron chi connectivity index (χ3n) is 6.74. The Hall–Kier alpha value is -3.48. The number of nitrogens with one attached hydrogen (secondary N) is 1. The highest BCUT2D eigenvalue weighted by atomic mass is 16.5. The van der Waals surface area contributed by atoms with Crippen LogP contribution in [0.3, 0.4) is 0 Å². The molecule has 1 unspecified atom stereocenters. The monoisotopic (exact) mass is 489 g/mol. The van der Waals surface area contributed by atoms with E-state index >= 15 is 0 Å². The van der Waals surface area contributed by atoms with E-state index in [-0.39, 0.29) is 30.0 Å². The van der Waals surface area contributed by atoms with Crippen molar-refractivity contribution in [3.8, 4) is 5.75 Å². The minimum atomic E-state index is -0.483. The summed E-state index contributed by atoms with van der Waals surface area (Å²) in [7, 11) is 1.79. The number of rotatable bonds is 8. The van der Waals surface area contributed by atoms with Crippen LogP contribution in [0.1, 0.15) is 85.0 Å². The van der Waals surface area contributed by atoms with Gasteiger partial charge >= 0.3 is 0 Å². The van der Waals surface area contributed by atoms with Gasteiger partial charge in [0.1, 0.15) is 5.65 Å². The second kappa shape index (κ2) is 11.1. The highest BCUT2D eigenvalue weighted by Gasteiger charge is 2.29. The molecule has 0 saturated heterocycles. The van der Waals surface area contributed by atoms with Crippen molar-refractivity contribution in [2.24, 2.45) is 7.05 Å². The van der Waals surface area contributed by atoms with Gasteiger partial charge < -0.3 is 14.6 Å². The Balaban J connectivity index is 1.76. The van der Waals surface area contributed by atoms with Crippen molar-refractivity contribution in [2.75, 3.05) is 0 Å². The topological polar surface area (TPSA) is 90.3 Å². The standard InChI is InChI=1S/C29H35N3O4/c1-5-22-20(17-25(34)19-12-8-6-9-13-19)16-21-27(36-18(2)3)26(32(4)28(21)30-22)29(35)31-23-14-10-7-11-15-24(23)33/h6,8-9,12-13,16,18,23H,5,7,10-11,14-15,17H2,1-4H3,(H,31,35). The van der Waals surface area contributed by atoms with Gasteiger partial charge in [0.05, 0.1) is 17.5 Å². The molecule has 0 radical (unpaired) electrons. The SMILES string of the molecule is CCc1nc2c(cc1CC(=O)c1ccccc1)c(OC(C)C)c(C(=O)NC1CCCCCC1=O)n2C. The number of amides is 1. The van der Waals surface area contributed by atoms with Crippen molar-refractivity contribution in [1.82, 2.24) is 14.9 Å². The van der Waals surface area contributed by atoms with Gasteiger partial charge in [0.2, 0.25) is 0 Å². The summed E-state index contributed by atoms with van der Waals surface area (Å²) >= 11 is 0. The summed E-state index contributed by atoms with van der Waals surface area (Å²) in [6, 6.07) is 10.7. The van der Waals surface area contributed by atoms with E-state index in [9.17, 15) is 14.4 Å². The van der Waals surface area contributed by atoms with Crippen LogP contribution in [0.5, 0.6) is 5.75 Å². The Bertz CT molecular complexity index is 1280. The number of hydrogen-bond acceptors (Lipinski definition) is 5. The molecule has 36 heavy (non-hydrogen) atoms. The van der Waals surface area contributed by atoms with Gasteiger partial charge in [-0.05, 0) is 44.7 Å². The van der Waals surface area contributed by atoms with Gasteiger partial charge in [0, 0.05) is 31.1 Å². The zero-order chi connectivity index (χ0) is 25.8. The number of Topliss-reactive ketones (excluding diaryl/α,β-unsaturated/α-hetero) is 2. The van der Waals surface area contributed by atoms with Gasteiger partial charge in [0.15, 0.2) is 23.0 Å². The van der Waals surface area contributed by atoms with Gasteiger partial charge in [-0.1, -0.05) is 50.1 Å². The first kappa shape index (κ1) is 25.6. The summed E-state index contributed by atoms with van der Waals surface area (Å²) in [5.74, 6) is 0.189. The molecule has 7 nitrogen and oxygen atoms in total. The first-order valence-electron chi connectivity index (χ1n) is 12.9. The fourth-order valence-electron chi connectivity index (χ4n) is 4.90. The van der Waals surface area contributed by atoms with E-state index in [4.69, 9.17) is 9.72 Å². The molecule has 4 rings (SSSR count). The molecule has 1 fully saturated rings. The normalized spacial score (nSPS) is 16.2. The van der Waals surface area contributed by atoms with Crippen molar-refractivity contribution >= 4 is 28.5 Å². The molecule has 0 aliphatic heterocycles. The first-order chi connectivity index (χ1) is 17.3. The molecular weight excluding hydrogens is 454 g/mol. The van der Waals surface area contributed by atoms with Crippen LogP contribution in [0, 0.1) is 0 Å². The summed E-state index contributed by atoms with van der Waals surface area (Å²) in [4.78, 5) is 43.9. The molecule has 3 aromatic rings. The van der Waals surface area contributed by atoms with E-state index < -0.39 is 6.04 Å². The molecule has 7 heteroatoms. The number of hydrogen-bond donors (Lipinski definition) is 1. The second-order valence-electron chi connectivity index (χ2n) is 9.78. The number of ether oxygens (including phenoxy) is 1. The summed E-state index contributed by atoms with van der Waals surface area (Å²) in [6.45, 7) is 5.82. The minimum absolute atomic E-state index is 0.0125. The predicted molar refractivity (Wildman–Crippen MR) is 140 cm³/mol. The third-order valence-corrected chi connectivity index (χ3v) is 6.74. The average molecular weight is 490 g/mol. The lowest BCUT2D eigenvalue weighted by atomic mass is 10.00. The van der Waals surface area contributed by atoms with Crippen LogP contribution in [0.15, 0.2) is 36.4 Å². The number of nitrogens with zero attached hydrogens (tertiary/aromatic N) is 2. The molecule has 0 bridgehead atoms. The lowest BCUT2D eigenvalue weighted by molar-refractivity contribution is -0.120. The van der Waals surface area contributed by atoms with Crippen molar-refractivity contribution in [3.63, 3.8) is 0 Å². The van der Waals surface area contributed by atoms with E-state index in [2.05, 4.69) is 5.32 Å². The molecule has 1 aromatic carbocycles. The van der Waals surface area contributed by atoms with Crippen LogP contribution in [0.4, 0.5) is 0 Å². The van der Waals surface area contributed by atoms with E-state index in [0.29, 0.717) is 47.3 Å². The van der Waals surface area contributed by atoms with Crippen LogP contribution >= 0.6 is 0 Å². The summed E-state index contributed by atoms with van der Waals surface area (Å²) in [6.07, 6.45) is 4.62. The largest absolute Gasteiger partial charge is 0.488 e. The smallest absolute Gasteiger partial charge is 0.272 e. The quantitative estimate of drug-likeness (QED) is 0.356. The zero-order valence-corrected chi connectivity index (χ0v) is 21.6. The van der Waals surface area contributed by atoms with Crippen molar-refractivity contribution in [2.45, 2.75) is 77.9 Å². The molecule has 1 atom stereocenters. The Labute approximate surface area is 212 Å². The molecular formula is C29H35N3O4. The molecule has 1 aliphatic carbocycles. The first-order valence-corrected chi connectivity index (χ1v) is 12.9. The van der Waals surface area contributed by atoms with E-state index in [0.717, 1.165) is 30.5 Å². The molecule has 1 saturated carbocycles. The number of benzene rings is 1. The van der Waals surface area contributed by atoms with Crippen LogP contribution in [0.25, 0.3) is 11.0 Å². The van der Waals surface area contributed by atoms with E-state index in [1.54, 1.807) is 11.6 Å². The molecule has 190 valence electrons. The number of aromatic nitrogens is 2.